The Labute approximate surface area is 128 Å². The Balaban J connectivity index is 1.61. The molecule has 21 heavy (non-hydrogen) atoms. The summed E-state index contributed by atoms with van der Waals surface area (Å²) in [5, 5.41) is 0. The molecule has 3 heterocycles. The summed E-state index contributed by atoms with van der Waals surface area (Å²) < 4.78 is 0. The van der Waals surface area contributed by atoms with Crippen LogP contribution in [-0.2, 0) is 4.79 Å². The molecule has 0 saturated carbocycles. The topological polar surface area (TPSA) is 49.0 Å². The van der Waals surface area contributed by atoms with Crippen molar-refractivity contribution in [3.8, 4) is 0 Å². The van der Waals surface area contributed by atoms with Crippen molar-refractivity contribution in [1.29, 1.82) is 0 Å². The molecule has 1 aromatic carbocycles. The van der Waals surface area contributed by atoms with E-state index >= 15 is 0 Å². The van der Waals surface area contributed by atoms with Crippen molar-refractivity contribution in [1.82, 2.24) is 14.9 Å². The number of H-pyrrole nitrogens is 1. The quantitative estimate of drug-likeness (QED) is 0.927. The van der Waals surface area contributed by atoms with Crippen molar-refractivity contribution in [3.63, 3.8) is 0 Å². The smallest absolute Gasteiger partial charge is 0.231 e. The molecule has 108 valence electrons. The number of carbonyl (C=O) groups is 1. The van der Waals surface area contributed by atoms with Gasteiger partial charge in [0.05, 0.1) is 12.0 Å². The summed E-state index contributed by atoms with van der Waals surface area (Å²) in [6, 6.07) is 8.39. The van der Waals surface area contributed by atoms with E-state index in [0.717, 1.165) is 31.0 Å². The zero-order valence-electron chi connectivity index (χ0n) is 11.7. The van der Waals surface area contributed by atoms with E-state index in [9.17, 15) is 4.79 Å². The number of hydrogen-bond acceptors (Lipinski definition) is 3. The van der Waals surface area contributed by atoms with Crippen LogP contribution in [-0.4, -0.2) is 33.1 Å². The van der Waals surface area contributed by atoms with E-state index in [4.69, 9.17) is 0 Å². The SMILES string of the molecule is O=C([C@H]1CSc2ccccc21)N1CCC[C@@H]1c1ncc[nH]1. The highest BCUT2D eigenvalue weighted by Gasteiger charge is 2.38. The van der Waals surface area contributed by atoms with Gasteiger partial charge in [-0.05, 0) is 24.5 Å². The zero-order chi connectivity index (χ0) is 14.2. The highest BCUT2D eigenvalue weighted by atomic mass is 32.2. The number of amides is 1. The van der Waals surface area contributed by atoms with Gasteiger partial charge in [-0.25, -0.2) is 4.98 Å². The second-order valence-electron chi connectivity index (χ2n) is 5.57. The molecule has 1 N–H and O–H groups in total. The van der Waals surface area contributed by atoms with Gasteiger partial charge in [-0.3, -0.25) is 4.79 Å². The van der Waals surface area contributed by atoms with Crippen LogP contribution in [0.25, 0.3) is 0 Å². The molecule has 0 spiro atoms. The lowest BCUT2D eigenvalue weighted by Gasteiger charge is -2.26. The summed E-state index contributed by atoms with van der Waals surface area (Å²) in [7, 11) is 0. The molecule has 4 rings (SSSR count). The summed E-state index contributed by atoms with van der Waals surface area (Å²) in [6.45, 7) is 0.841. The fourth-order valence-electron chi connectivity index (χ4n) is 3.34. The number of nitrogens with zero attached hydrogens (tertiary/aromatic N) is 2. The molecule has 5 heteroatoms. The maximum atomic E-state index is 13.0. The van der Waals surface area contributed by atoms with Crippen molar-refractivity contribution in [2.75, 3.05) is 12.3 Å². The number of likely N-dealkylation sites (tertiary alicyclic amines) is 1. The lowest BCUT2D eigenvalue weighted by molar-refractivity contribution is -0.133. The first-order chi connectivity index (χ1) is 10.3. The lowest BCUT2D eigenvalue weighted by Crippen LogP contribution is -2.35. The molecular weight excluding hydrogens is 282 g/mol. The number of fused-ring (bicyclic) bond motifs is 1. The number of aromatic nitrogens is 2. The number of aromatic amines is 1. The van der Waals surface area contributed by atoms with Gasteiger partial charge < -0.3 is 9.88 Å². The minimum Gasteiger partial charge on any atom is -0.347 e. The molecule has 2 aromatic rings. The first kappa shape index (κ1) is 13.0. The molecule has 1 amide bonds. The first-order valence-corrected chi connectivity index (χ1v) is 8.34. The van der Waals surface area contributed by atoms with Gasteiger partial charge in [-0.2, -0.15) is 0 Å². The molecule has 4 nitrogen and oxygen atoms in total. The number of imidazole rings is 1. The first-order valence-electron chi connectivity index (χ1n) is 7.36. The van der Waals surface area contributed by atoms with Crippen molar-refractivity contribution in [2.24, 2.45) is 0 Å². The molecule has 0 unspecified atom stereocenters. The molecule has 2 aliphatic rings. The maximum Gasteiger partial charge on any atom is 0.231 e. The van der Waals surface area contributed by atoms with E-state index in [2.05, 4.69) is 22.1 Å². The van der Waals surface area contributed by atoms with Gasteiger partial charge in [-0.1, -0.05) is 18.2 Å². The average molecular weight is 299 g/mol. The second kappa shape index (κ2) is 5.22. The van der Waals surface area contributed by atoms with Crippen LogP contribution in [0.2, 0.25) is 0 Å². The summed E-state index contributed by atoms with van der Waals surface area (Å²) in [6.07, 6.45) is 5.65. The average Bonchev–Trinajstić information content (AvgIpc) is 3.25. The van der Waals surface area contributed by atoms with Gasteiger partial charge in [0.1, 0.15) is 5.82 Å². The van der Waals surface area contributed by atoms with Crippen molar-refractivity contribution < 1.29 is 4.79 Å². The predicted molar refractivity (Wildman–Crippen MR) is 82.2 cm³/mol. The Morgan fingerprint density at radius 1 is 1.38 bits per heavy atom. The number of rotatable bonds is 2. The van der Waals surface area contributed by atoms with E-state index in [1.807, 2.05) is 23.2 Å². The van der Waals surface area contributed by atoms with E-state index < -0.39 is 0 Å². The van der Waals surface area contributed by atoms with Crippen LogP contribution in [0, 0.1) is 0 Å². The van der Waals surface area contributed by atoms with Crippen LogP contribution >= 0.6 is 11.8 Å². The monoisotopic (exact) mass is 299 g/mol. The Morgan fingerprint density at radius 2 is 2.29 bits per heavy atom. The largest absolute Gasteiger partial charge is 0.347 e. The normalized spacial score (nSPS) is 24.3. The molecule has 2 aliphatic heterocycles. The standard InChI is InChI=1S/C16H17N3OS/c20-16(12-10-21-14-6-2-1-4-11(12)14)19-9-3-5-13(19)15-17-7-8-18-15/h1-2,4,6-8,12-13H,3,5,9-10H2,(H,17,18)/t12-,13+/m0/s1. The Hall–Kier alpha value is -1.75. The molecule has 0 bridgehead atoms. The fourth-order valence-corrected chi connectivity index (χ4v) is 4.56. The minimum atomic E-state index is 0.00163. The van der Waals surface area contributed by atoms with Gasteiger partial charge in [0.25, 0.3) is 0 Å². The lowest BCUT2D eigenvalue weighted by atomic mass is 9.99. The van der Waals surface area contributed by atoms with E-state index in [1.165, 1.54) is 10.5 Å². The summed E-state index contributed by atoms with van der Waals surface area (Å²) in [5.74, 6) is 2.03. The third kappa shape index (κ3) is 2.16. The molecular formula is C16H17N3OS. The highest BCUT2D eigenvalue weighted by Crippen LogP contribution is 2.42. The van der Waals surface area contributed by atoms with E-state index in [-0.39, 0.29) is 17.9 Å². The van der Waals surface area contributed by atoms with Gasteiger partial charge >= 0.3 is 0 Å². The predicted octanol–water partition coefficient (Wildman–Crippen LogP) is 2.96. The zero-order valence-corrected chi connectivity index (χ0v) is 12.5. The van der Waals surface area contributed by atoms with Crippen LogP contribution in [0.4, 0.5) is 0 Å². The number of benzene rings is 1. The Morgan fingerprint density at radius 3 is 3.14 bits per heavy atom. The van der Waals surface area contributed by atoms with E-state index in [0.29, 0.717) is 0 Å². The van der Waals surface area contributed by atoms with Gasteiger partial charge in [0.15, 0.2) is 0 Å². The Kier molecular flexibility index (Phi) is 3.22. The minimum absolute atomic E-state index is 0.00163. The fraction of sp³-hybridized carbons (Fsp3) is 0.375. The third-order valence-corrected chi connectivity index (χ3v) is 5.55. The maximum absolute atomic E-state index is 13.0. The number of hydrogen-bond donors (Lipinski definition) is 1. The summed E-state index contributed by atoms with van der Waals surface area (Å²) >= 11 is 1.79. The van der Waals surface area contributed by atoms with Gasteiger partial charge in [-0.15, -0.1) is 11.8 Å². The molecule has 1 aromatic heterocycles. The van der Waals surface area contributed by atoms with Crippen LogP contribution in [0.15, 0.2) is 41.6 Å². The molecule has 1 saturated heterocycles. The summed E-state index contributed by atoms with van der Waals surface area (Å²) in [4.78, 5) is 23.8. The van der Waals surface area contributed by atoms with Crippen LogP contribution < -0.4 is 0 Å². The molecule has 0 radical (unpaired) electrons. The van der Waals surface area contributed by atoms with Gasteiger partial charge in [0, 0.05) is 29.6 Å². The third-order valence-electron chi connectivity index (χ3n) is 4.37. The second-order valence-corrected chi connectivity index (χ2v) is 6.63. The summed E-state index contributed by atoms with van der Waals surface area (Å²) in [5.41, 5.74) is 1.19. The number of nitrogens with one attached hydrogen (secondary N) is 1. The number of thioether (sulfide) groups is 1. The highest BCUT2D eigenvalue weighted by molar-refractivity contribution is 7.99. The van der Waals surface area contributed by atoms with Gasteiger partial charge in [0.2, 0.25) is 5.91 Å². The van der Waals surface area contributed by atoms with Crippen molar-refractivity contribution >= 4 is 17.7 Å². The molecule has 1 fully saturated rings. The molecule has 0 aliphatic carbocycles. The van der Waals surface area contributed by atoms with Crippen molar-refractivity contribution in [2.45, 2.75) is 29.7 Å². The number of carbonyl (C=O) groups excluding carboxylic acids is 1. The van der Waals surface area contributed by atoms with Crippen LogP contribution in [0.5, 0.6) is 0 Å². The Bertz CT molecular complexity index is 655. The molecule has 2 atom stereocenters. The van der Waals surface area contributed by atoms with Crippen LogP contribution in [0.3, 0.4) is 0 Å². The van der Waals surface area contributed by atoms with Crippen molar-refractivity contribution in [3.05, 3.63) is 48.0 Å². The van der Waals surface area contributed by atoms with E-state index in [1.54, 1.807) is 18.0 Å². The van der Waals surface area contributed by atoms with Crippen LogP contribution in [0.1, 0.15) is 36.2 Å².